The molecule has 0 fully saturated rings. The molecule has 5 nitrogen and oxygen atoms in total. The Labute approximate surface area is 150 Å². The minimum absolute atomic E-state index is 0.0259. The largest absolute Gasteiger partial charge is 0.457 e. The summed E-state index contributed by atoms with van der Waals surface area (Å²) in [4.78, 5) is 4.58. The molecule has 0 saturated carbocycles. The Kier molecular flexibility index (Phi) is 4.90. The molecule has 0 aliphatic heterocycles. The second-order valence-electron chi connectivity index (χ2n) is 6.09. The lowest BCUT2D eigenvalue weighted by Gasteiger charge is -2.12. The summed E-state index contributed by atoms with van der Waals surface area (Å²) in [6, 6.07) is 8.75. The van der Waals surface area contributed by atoms with Gasteiger partial charge in [-0.1, -0.05) is 6.58 Å². The summed E-state index contributed by atoms with van der Waals surface area (Å²) in [6.45, 7) is 6.18. The number of rotatable bonds is 6. The number of hydrogen-bond acceptors (Lipinski definition) is 4. The van der Waals surface area contributed by atoms with Crippen molar-refractivity contribution >= 4 is 11.0 Å². The number of ether oxygens (including phenoxy) is 1. The molecule has 26 heavy (non-hydrogen) atoms. The van der Waals surface area contributed by atoms with Gasteiger partial charge in [0, 0.05) is 30.9 Å². The third-order valence-corrected chi connectivity index (χ3v) is 4.19. The van der Waals surface area contributed by atoms with E-state index >= 15 is 0 Å². The highest BCUT2D eigenvalue weighted by Crippen LogP contribution is 2.27. The minimum atomic E-state index is -0.951. The standard InChI is InChI=1S/C19H20F2N4O/c1-11(22)12(2)23-10-19-24-17-7-5-14(9-18(17)25(19)3)26-13-4-6-15(20)16(21)8-13/h4-9,12,23H,1,10,22H2,2-3H3/t12-/m0/s1. The van der Waals surface area contributed by atoms with Crippen LogP contribution in [0.1, 0.15) is 12.7 Å². The summed E-state index contributed by atoms with van der Waals surface area (Å²) >= 11 is 0. The summed E-state index contributed by atoms with van der Waals surface area (Å²) in [5.74, 6) is -0.297. The number of benzene rings is 2. The summed E-state index contributed by atoms with van der Waals surface area (Å²) in [6.07, 6.45) is 0. The van der Waals surface area contributed by atoms with Crippen LogP contribution in [0.15, 0.2) is 48.7 Å². The molecule has 1 aromatic heterocycles. The summed E-state index contributed by atoms with van der Waals surface area (Å²) in [5, 5.41) is 3.25. The first kappa shape index (κ1) is 17.9. The molecule has 1 heterocycles. The van der Waals surface area contributed by atoms with E-state index in [4.69, 9.17) is 10.5 Å². The van der Waals surface area contributed by atoms with Gasteiger partial charge in [0.2, 0.25) is 0 Å². The zero-order chi connectivity index (χ0) is 18.8. The normalized spacial score (nSPS) is 12.3. The molecule has 3 rings (SSSR count). The van der Waals surface area contributed by atoms with Crippen molar-refractivity contribution in [1.82, 2.24) is 14.9 Å². The van der Waals surface area contributed by atoms with Gasteiger partial charge in [0.1, 0.15) is 17.3 Å². The van der Waals surface area contributed by atoms with Crippen LogP contribution in [-0.2, 0) is 13.6 Å². The Morgan fingerprint density at radius 3 is 2.62 bits per heavy atom. The van der Waals surface area contributed by atoms with Crippen molar-refractivity contribution in [2.75, 3.05) is 0 Å². The van der Waals surface area contributed by atoms with Crippen molar-refractivity contribution in [3.63, 3.8) is 0 Å². The molecular weight excluding hydrogens is 338 g/mol. The fourth-order valence-electron chi connectivity index (χ4n) is 2.49. The number of halogens is 2. The zero-order valence-corrected chi connectivity index (χ0v) is 14.6. The molecule has 0 spiro atoms. The van der Waals surface area contributed by atoms with E-state index in [9.17, 15) is 8.78 Å². The van der Waals surface area contributed by atoms with E-state index < -0.39 is 11.6 Å². The van der Waals surface area contributed by atoms with Crippen molar-refractivity contribution in [3.8, 4) is 11.5 Å². The van der Waals surface area contributed by atoms with Crippen LogP contribution in [0.5, 0.6) is 11.5 Å². The van der Waals surface area contributed by atoms with Crippen LogP contribution in [0.2, 0.25) is 0 Å². The monoisotopic (exact) mass is 358 g/mol. The Morgan fingerprint density at radius 1 is 1.23 bits per heavy atom. The molecule has 0 bridgehead atoms. The van der Waals surface area contributed by atoms with Crippen LogP contribution >= 0.6 is 0 Å². The maximum Gasteiger partial charge on any atom is 0.162 e. The molecule has 0 amide bonds. The van der Waals surface area contributed by atoms with Gasteiger partial charge < -0.3 is 20.4 Å². The van der Waals surface area contributed by atoms with Crippen LogP contribution in [0, 0.1) is 11.6 Å². The fraction of sp³-hybridized carbons (Fsp3) is 0.211. The van der Waals surface area contributed by atoms with Gasteiger partial charge in [0.15, 0.2) is 11.6 Å². The second-order valence-corrected chi connectivity index (χ2v) is 6.09. The summed E-state index contributed by atoms with van der Waals surface area (Å²) < 4.78 is 33.9. The molecule has 2 aromatic carbocycles. The van der Waals surface area contributed by atoms with Crippen LogP contribution in [-0.4, -0.2) is 15.6 Å². The van der Waals surface area contributed by atoms with Gasteiger partial charge in [0.05, 0.1) is 17.6 Å². The average Bonchev–Trinajstić information content (AvgIpc) is 2.92. The van der Waals surface area contributed by atoms with E-state index in [-0.39, 0.29) is 11.8 Å². The van der Waals surface area contributed by atoms with Gasteiger partial charge in [-0.15, -0.1) is 0 Å². The van der Waals surface area contributed by atoms with Crippen molar-refractivity contribution in [2.24, 2.45) is 12.8 Å². The molecule has 136 valence electrons. The topological polar surface area (TPSA) is 65.1 Å². The average molecular weight is 358 g/mol. The van der Waals surface area contributed by atoms with Gasteiger partial charge in [-0.25, -0.2) is 13.8 Å². The zero-order valence-electron chi connectivity index (χ0n) is 14.6. The highest BCUT2D eigenvalue weighted by molar-refractivity contribution is 5.77. The van der Waals surface area contributed by atoms with Gasteiger partial charge in [-0.2, -0.15) is 0 Å². The smallest absolute Gasteiger partial charge is 0.162 e. The van der Waals surface area contributed by atoms with Crippen LogP contribution in [0.4, 0.5) is 8.78 Å². The molecule has 0 saturated heterocycles. The fourth-order valence-corrected chi connectivity index (χ4v) is 2.49. The SMILES string of the molecule is C=C(N)[C@H](C)NCc1nc2ccc(Oc3ccc(F)c(F)c3)cc2n1C. The lowest BCUT2D eigenvalue weighted by molar-refractivity contribution is 0.462. The van der Waals surface area contributed by atoms with E-state index in [2.05, 4.69) is 16.9 Å². The predicted octanol–water partition coefficient (Wildman–Crippen LogP) is 3.59. The van der Waals surface area contributed by atoms with Crippen LogP contribution in [0.3, 0.4) is 0 Å². The highest BCUT2D eigenvalue weighted by atomic mass is 19.2. The first-order valence-electron chi connectivity index (χ1n) is 8.11. The molecule has 1 atom stereocenters. The Bertz CT molecular complexity index is 968. The number of fused-ring (bicyclic) bond motifs is 1. The Hall–Kier alpha value is -2.93. The number of aromatic nitrogens is 2. The van der Waals surface area contributed by atoms with Crippen molar-refractivity contribution in [1.29, 1.82) is 0 Å². The first-order valence-corrected chi connectivity index (χ1v) is 8.11. The second kappa shape index (κ2) is 7.13. The first-order chi connectivity index (χ1) is 12.3. The molecule has 0 aliphatic carbocycles. The quantitative estimate of drug-likeness (QED) is 0.707. The van der Waals surface area contributed by atoms with Gasteiger partial charge in [0.25, 0.3) is 0 Å². The number of nitrogens with two attached hydrogens (primary N) is 1. The molecule has 7 heteroatoms. The number of nitrogens with zero attached hydrogens (tertiary/aromatic N) is 2. The van der Waals surface area contributed by atoms with Crippen molar-refractivity contribution in [3.05, 3.63) is 66.1 Å². The van der Waals surface area contributed by atoms with Crippen LogP contribution < -0.4 is 15.8 Å². The Morgan fingerprint density at radius 2 is 1.92 bits per heavy atom. The van der Waals surface area contributed by atoms with Gasteiger partial charge in [-0.05, 0) is 31.2 Å². The third-order valence-electron chi connectivity index (χ3n) is 4.19. The molecule has 0 unspecified atom stereocenters. The molecule has 3 N–H and O–H groups in total. The maximum absolute atomic E-state index is 13.3. The Balaban J connectivity index is 1.82. The molecule has 0 radical (unpaired) electrons. The van der Waals surface area contributed by atoms with E-state index in [1.165, 1.54) is 6.07 Å². The van der Waals surface area contributed by atoms with E-state index in [1.807, 2.05) is 24.6 Å². The van der Waals surface area contributed by atoms with Gasteiger partial charge >= 0.3 is 0 Å². The molecular formula is C19H20F2N4O. The number of imidazole rings is 1. The van der Waals surface area contributed by atoms with E-state index in [1.54, 1.807) is 12.1 Å². The number of nitrogens with one attached hydrogen (secondary N) is 1. The predicted molar refractivity (Wildman–Crippen MR) is 96.8 cm³/mol. The van der Waals surface area contributed by atoms with Crippen LogP contribution in [0.25, 0.3) is 11.0 Å². The lowest BCUT2D eigenvalue weighted by Crippen LogP contribution is -2.31. The van der Waals surface area contributed by atoms with Gasteiger partial charge in [-0.3, -0.25) is 0 Å². The van der Waals surface area contributed by atoms with Crippen molar-refractivity contribution < 1.29 is 13.5 Å². The van der Waals surface area contributed by atoms with E-state index in [0.717, 1.165) is 29.0 Å². The number of aryl methyl sites for hydroxylation is 1. The maximum atomic E-state index is 13.3. The third kappa shape index (κ3) is 3.67. The highest BCUT2D eigenvalue weighted by Gasteiger charge is 2.11. The number of hydrogen-bond donors (Lipinski definition) is 2. The lowest BCUT2D eigenvalue weighted by atomic mass is 10.3. The summed E-state index contributed by atoms with van der Waals surface area (Å²) in [7, 11) is 1.90. The summed E-state index contributed by atoms with van der Waals surface area (Å²) in [5.41, 5.74) is 7.91. The molecule has 0 aliphatic rings. The molecule has 3 aromatic rings. The van der Waals surface area contributed by atoms with E-state index in [0.29, 0.717) is 18.0 Å². The van der Waals surface area contributed by atoms with Crippen molar-refractivity contribution in [2.45, 2.75) is 19.5 Å². The minimum Gasteiger partial charge on any atom is -0.457 e.